The molecule has 0 saturated carbocycles. The van der Waals surface area contributed by atoms with Gasteiger partial charge < -0.3 is 4.74 Å². The van der Waals surface area contributed by atoms with E-state index in [1.54, 1.807) is 12.1 Å². The van der Waals surface area contributed by atoms with Gasteiger partial charge in [-0.15, -0.1) is 0 Å². The highest BCUT2D eigenvalue weighted by molar-refractivity contribution is 5.28. The number of aromatic nitrogens is 1. The summed E-state index contributed by atoms with van der Waals surface area (Å²) in [5, 5.41) is 8.48. The summed E-state index contributed by atoms with van der Waals surface area (Å²) in [4.78, 5) is 3.94. The van der Waals surface area contributed by atoms with Gasteiger partial charge in [0.2, 0.25) is 5.88 Å². The molecule has 62 valence electrons. The van der Waals surface area contributed by atoms with Gasteiger partial charge in [-0.25, -0.2) is 4.98 Å². The molecule has 0 unspecified atom stereocenters. The Morgan fingerprint density at radius 2 is 2.25 bits per heavy atom. The molecule has 1 aromatic heterocycles. The summed E-state index contributed by atoms with van der Waals surface area (Å²) in [7, 11) is 0. The molecular weight excluding hydrogens is 152 g/mol. The van der Waals surface area contributed by atoms with Gasteiger partial charge in [0.05, 0.1) is 11.7 Å². The lowest BCUT2D eigenvalue weighted by atomic mass is 10.3. The SMILES string of the molecule is CC(C)Oc1ccc(C#N)cn1. The van der Waals surface area contributed by atoms with Crippen molar-refractivity contribution in [3.05, 3.63) is 23.9 Å². The van der Waals surface area contributed by atoms with Crippen molar-refractivity contribution >= 4 is 0 Å². The number of pyridine rings is 1. The Balaban J connectivity index is 2.73. The molecule has 12 heavy (non-hydrogen) atoms. The van der Waals surface area contributed by atoms with Crippen LogP contribution in [0.15, 0.2) is 18.3 Å². The van der Waals surface area contributed by atoms with Crippen LogP contribution in [0.2, 0.25) is 0 Å². The zero-order valence-electron chi connectivity index (χ0n) is 7.11. The predicted octanol–water partition coefficient (Wildman–Crippen LogP) is 1.74. The van der Waals surface area contributed by atoms with E-state index in [1.165, 1.54) is 6.20 Å². The predicted molar refractivity (Wildman–Crippen MR) is 44.7 cm³/mol. The topological polar surface area (TPSA) is 45.9 Å². The van der Waals surface area contributed by atoms with Gasteiger partial charge in [0.15, 0.2) is 0 Å². The van der Waals surface area contributed by atoms with E-state index in [0.29, 0.717) is 11.4 Å². The highest BCUT2D eigenvalue weighted by atomic mass is 16.5. The van der Waals surface area contributed by atoms with E-state index in [-0.39, 0.29) is 6.10 Å². The van der Waals surface area contributed by atoms with Crippen molar-refractivity contribution in [3.63, 3.8) is 0 Å². The van der Waals surface area contributed by atoms with Crippen LogP contribution < -0.4 is 4.74 Å². The van der Waals surface area contributed by atoms with Crippen molar-refractivity contribution in [3.8, 4) is 11.9 Å². The molecule has 0 N–H and O–H groups in total. The van der Waals surface area contributed by atoms with Gasteiger partial charge in [-0.1, -0.05) is 0 Å². The monoisotopic (exact) mass is 162 g/mol. The lowest BCUT2D eigenvalue weighted by molar-refractivity contribution is 0.232. The second-order valence-electron chi connectivity index (χ2n) is 2.66. The van der Waals surface area contributed by atoms with Gasteiger partial charge in [0.25, 0.3) is 0 Å². The Hall–Kier alpha value is -1.56. The lowest BCUT2D eigenvalue weighted by Crippen LogP contribution is -2.06. The highest BCUT2D eigenvalue weighted by Gasteiger charge is 1.97. The molecule has 0 aliphatic rings. The molecule has 1 heterocycles. The zero-order valence-corrected chi connectivity index (χ0v) is 7.11. The molecule has 0 spiro atoms. The Morgan fingerprint density at radius 1 is 1.50 bits per heavy atom. The largest absolute Gasteiger partial charge is 0.475 e. The molecular formula is C9H10N2O. The maximum absolute atomic E-state index is 8.48. The summed E-state index contributed by atoms with van der Waals surface area (Å²) in [6.45, 7) is 3.86. The van der Waals surface area contributed by atoms with E-state index in [2.05, 4.69) is 4.98 Å². The minimum absolute atomic E-state index is 0.116. The van der Waals surface area contributed by atoms with Gasteiger partial charge in [0, 0.05) is 12.3 Å². The van der Waals surface area contributed by atoms with Crippen LogP contribution >= 0.6 is 0 Å². The molecule has 0 fully saturated rings. The number of ether oxygens (including phenoxy) is 1. The maximum Gasteiger partial charge on any atom is 0.213 e. The second-order valence-corrected chi connectivity index (χ2v) is 2.66. The Morgan fingerprint density at radius 3 is 2.67 bits per heavy atom. The quantitative estimate of drug-likeness (QED) is 0.665. The molecule has 0 aromatic carbocycles. The van der Waals surface area contributed by atoms with Gasteiger partial charge in [-0.3, -0.25) is 0 Å². The van der Waals surface area contributed by atoms with Crippen LogP contribution in [0.3, 0.4) is 0 Å². The number of hydrogen-bond donors (Lipinski definition) is 0. The molecule has 0 bridgehead atoms. The normalized spacial score (nSPS) is 9.50. The van der Waals surface area contributed by atoms with Crippen LogP contribution in [0, 0.1) is 11.3 Å². The Bertz CT molecular complexity index is 284. The fourth-order valence-corrected chi connectivity index (χ4v) is 0.758. The molecule has 3 nitrogen and oxygen atoms in total. The van der Waals surface area contributed by atoms with Gasteiger partial charge in [-0.05, 0) is 19.9 Å². The third kappa shape index (κ3) is 2.24. The Labute approximate surface area is 71.6 Å². The van der Waals surface area contributed by atoms with Crippen LogP contribution in [0.4, 0.5) is 0 Å². The van der Waals surface area contributed by atoms with E-state index in [4.69, 9.17) is 10.00 Å². The van der Waals surface area contributed by atoms with Crippen LogP contribution in [0.5, 0.6) is 5.88 Å². The van der Waals surface area contributed by atoms with E-state index >= 15 is 0 Å². The molecule has 1 aromatic rings. The van der Waals surface area contributed by atoms with Crippen LogP contribution in [0.1, 0.15) is 19.4 Å². The average molecular weight is 162 g/mol. The molecule has 0 amide bonds. The minimum atomic E-state index is 0.116. The number of hydrogen-bond acceptors (Lipinski definition) is 3. The second kappa shape index (κ2) is 3.72. The van der Waals surface area contributed by atoms with Gasteiger partial charge in [-0.2, -0.15) is 5.26 Å². The first-order valence-corrected chi connectivity index (χ1v) is 3.75. The molecule has 0 saturated heterocycles. The van der Waals surface area contributed by atoms with Crippen molar-refractivity contribution in [2.24, 2.45) is 0 Å². The lowest BCUT2D eigenvalue weighted by Gasteiger charge is -2.07. The summed E-state index contributed by atoms with van der Waals surface area (Å²) in [5.74, 6) is 0.559. The summed E-state index contributed by atoms with van der Waals surface area (Å²) in [6.07, 6.45) is 1.61. The average Bonchev–Trinajstić information content (AvgIpc) is 2.05. The van der Waals surface area contributed by atoms with Gasteiger partial charge in [0.1, 0.15) is 6.07 Å². The third-order valence-corrected chi connectivity index (χ3v) is 1.22. The fraction of sp³-hybridized carbons (Fsp3) is 0.333. The van der Waals surface area contributed by atoms with Crippen molar-refractivity contribution in [1.82, 2.24) is 4.98 Å². The van der Waals surface area contributed by atoms with E-state index in [1.807, 2.05) is 19.9 Å². The zero-order chi connectivity index (χ0) is 8.97. The van der Waals surface area contributed by atoms with E-state index < -0.39 is 0 Å². The number of nitrogens with zero attached hydrogens (tertiary/aromatic N) is 2. The van der Waals surface area contributed by atoms with Gasteiger partial charge >= 0.3 is 0 Å². The summed E-state index contributed by atoms with van der Waals surface area (Å²) in [6, 6.07) is 5.37. The number of rotatable bonds is 2. The first kappa shape index (κ1) is 8.54. The Kier molecular flexibility index (Phi) is 2.65. The van der Waals surface area contributed by atoms with Crippen LogP contribution in [0.25, 0.3) is 0 Å². The molecule has 0 aliphatic carbocycles. The highest BCUT2D eigenvalue weighted by Crippen LogP contribution is 2.08. The summed E-state index contributed by atoms with van der Waals surface area (Å²) < 4.78 is 5.29. The van der Waals surface area contributed by atoms with Crippen LogP contribution in [-0.4, -0.2) is 11.1 Å². The van der Waals surface area contributed by atoms with Crippen molar-refractivity contribution in [2.75, 3.05) is 0 Å². The van der Waals surface area contributed by atoms with Crippen molar-refractivity contribution in [1.29, 1.82) is 5.26 Å². The summed E-state index contributed by atoms with van der Waals surface area (Å²) >= 11 is 0. The number of nitriles is 1. The van der Waals surface area contributed by atoms with E-state index in [9.17, 15) is 0 Å². The fourth-order valence-electron chi connectivity index (χ4n) is 0.758. The van der Waals surface area contributed by atoms with Crippen LogP contribution in [-0.2, 0) is 0 Å². The van der Waals surface area contributed by atoms with Crippen molar-refractivity contribution < 1.29 is 4.74 Å². The van der Waals surface area contributed by atoms with E-state index in [0.717, 1.165) is 0 Å². The summed E-state index contributed by atoms with van der Waals surface area (Å²) in [5.41, 5.74) is 0.547. The first-order valence-electron chi connectivity index (χ1n) is 3.75. The first-order chi connectivity index (χ1) is 5.72. The molecule has 0 radical (unpaired) electrons. The smallest absolute Gasteiger partial charge is 0.213 e. The molecule has 1 rings (SSSR count). The molecule has 0 atom stereocenters. The minimum Gasteiger partial charge on any atom is -0.475 e. The maximum atomic E-state index is 8.48. The molecule has 0 aliphatic heterocycles. The standard InChI is InChI=1S/C9H10N2O/c1-7(2)12-9-4-3-8(5-10)6-11-9/h3-4,6-7H,1-2H3. The van der Waals surface area contributed by atoms with Crippen molar-refractivity contribution in [2.45, 2.75) is 20.0 Å². The third-order valence-electron chi connectivity index (χ3n) is 1.22. The molecule has 3 heteroatoms.